The molecule has 0 saturated carbocycles. The highest BCUT2D eigenvalue weighted by molar-refractivity contribution is 9.10. The molecule has 0 saturated heterocycles. The molecule has 0 radical (unpaired) electrons. The Labute approximate surface area is 119 Å². The van der Waals surface area contributed by atoms with Crippen LogP contribution in [0, 0.1) is 0 Å². The SMILES string of the molecule is CCOC(OCC)c1nc(-c2ccc(Br)cn2)no1. The number of aromatic nitrogens is 3. The maximum absolute atomic E-state index is 5.39. The van der Waals surface area contributed by atoms with Crippen molar-refractivity contribution in [3.63, 3.8) is 0 Å². The van der Waals surface area contributed by atoms with E-state index in [0.717, 1.165) is 4.47 Å². The van der Waals surface area contributed by atoms with Gasteiger partial charge in [-0.3, -0.25) is 4.98 Å². The predicted octanol–water partition coefficient (Wildman–Crippen LogP) is 2.97. The number of pyridine rings is 1. The lowest BCUT2D eigenvalue weighted by Crippen LogP contribution is -2.09. The third-order valence-corrected chi connectivity index (χ3v) is 2.71. The third-order valence-electron chi connectivity index (χ3n) is 2.24. The summed E-state index contributed by atoms with van der Waals surface area (Å²) in [7, 11) is 0. The molecule has 0 fully saturated rings. The monoisotopic (exact) mass is 327 g/mol. The van der Waals surface area contributed by atoms with Gasteiger partial charge in [-0.15, -0.1) is 0 Å². The van der Waals surface area contributed by atoms with Gasteiger partial charge in [0.1, 0.15) is 5.69 Å². The van der Waals surface area contributed by atoms with Crippen molar-refractivity contribution in [3.05, 3.63) is 28.7 Å². The maximum atomic E-state index is 5.39. The zero-order valence-corrected chi connectivity index (χ0v) is 12.3. The van der Waals surface area contributed by atoms with Crippen LogP contribution in [0.2, 0.25) is 0 Å². The Kier molecular flexibility index (Phi) is 5.00. The molecule has 2 aromatic heterocycles. The van der Waals surface area contributed by atoms with Gasteiger partial charge in [-0.25, -0.2) is 0 Å². The number of hydrogen-bond acceptors (Lipinski definition) is 6. The average Bonchev–Trinajstić information content (AvgIpc) is 2.89. The first-order chi connectivity index (χ1) is 9.24. The third kappa shape index (κ3) is 3.59. The molecule has 7 heteroatoms. The van der Waals surface area contributed by atoms with Crippen LogP contribution in [0.5, 0.6) is 0 Å². The lowest BCUT2D eigenvalue weighted by atomic mass is 10.3. The van der Waals surface area contributed by atoms with E-state index in [0.29, 0.717) is 30.6 Å². The van der Waals surface area contributed by atoms with E-state index in [-0.39, 0.29) is 0 Å². The molecule has 0 aliphatic carbocycles. The van der Waals surface area contributed by atoms with Crippen LogP contribution < -0.4 is 0 Å². The first kappa shape index (κ1) is 14.1. The van der Waals surface area contributed by atoms with E-state index in [1.54, 1.807) is 12.3 Å². The zero-order valence-electron chi connectivity index (χ0n) is 10.7. The molecule has 102 valence electrons. The van der Waals surface area contributed by atoms with E-state index in [9.17, 15) is 0 Å². The largest absolute Gasteiger partial charge is 0.345 e. The van der Waals surface area contributed by atoms with Gasteiger partial charge in [0.15, 0.2) is 0 Å². The van der Waals surface area contributed by atoms with E-state index in [1.807, 2.05) is 19.9 Å². The minimum atomic E-state index is -0.633. The molecule has 0 aromatic carbocycles. The van der Waals surface area contributed by atoms with Gasteiger partial charge in [-0.1, -0.05) is 5.16 Å². The van der Waals surface area contributed by atoms with Crippen LogP contribution in [-0.2, 0) is 9.47 Å². The zero-order chi connectivity index (χ0) is 13.7. The van der Waals surface area contributed by atoms with Gasteiger partial charge in [0.25, 0.3) is 5.89 Å². The van der Waals surface area contributed by atoms with Gasteiger partial charge in [-0.05, 0) is 41.9 Å². The maximum Gasteiger partial charge on any atom is 0.284 e. The van der Waals surface area contributed by atoms with E-state index < -0.39 is 6.29 Å². The summed E-state index contributed by atoms with van der Waals surface area (Å²) in [5.41, 5.74) is 0.630. The van der Waals surface area contributed by atoms with Crippen LogP contribution in [0.15, 0.2) is 27.3 Å². The van der Waals surface area contributed by atoms with Crippen molar-refractivity contribution in [1.29, 1.82) is 0 Å². The van der Waals surface area contributed by atoms with Gasteiger partial charge in [0.05, 0.1) is 0 Å². The number of nitrogens with zero attached hydrogens (tertiary/aromatic N) is 3. The van der Waals surface area contributed by atoms with Crippen LogP contribution in [0.4, 0.5) is 0 Å². The number of ether oxygens (including phenoxy) is 2. The first-order valence-corrected chi connectivity index (χ1v) is 6.72. The first-order valence-electron chi connectivity index (χ1n) is 5.93. The van der Waals surface area contributed by atoms with Crippen molar-refractivity contribution in [3.8, 4) is 11.5 Å². The highest BCUT2D eigenvalue weighted by atomic mass is 79.9. The molecule has 0 aliphatic rings. The van der Waals surface area contributed by atoms with Gasteiger partial charge in [0.2, 0.25) is 12.1 Å². The summed E-state index contributed by atoms with van der Waals surface area (Å²) < 4.78 is 16.8. The Hall–Kier alpha value is -1.31. The van der Waals surface area contributed by atoms with Crippen LogP contribution in [-0.4, -0.2) is 28.3 Å². The second-order valence-corrected chi connectivity index (χ2v) is 4.48. The molecule has 0 bridgehead atoms. The Morgan fingerprint density at radius 3 is 2.58 bits per heavy atom. The van der Waals surface area contributed by atoms with Gasteiger partial charge in [-0.2, -0.15) is 4.98 Å². The minimum Gasteiger partial charge on any atom is -0.345 e. The Morgan fingerprint density at radius 1 is 1.26 bits per heavy atom. The molecule has 19 heavy (non-hydrogen) atoms. The molecule has 0 unspecified atom stereocenters. The molecule has 2 heterocycles. The van der Waals surface area contributed by atoms with Crippen molar-refractivity contribution in [1.82, 2.24) is 15.1 Å². The van der Waals surface area contributed by atoms with Gasteiger partial charge in [0, 0.05) is 23.9 Å². The average molecular weight is 328 g/mol. The Balaban J connectivity index is 2.19. The van der Waals surface area contributed by atoms with Crippen molar-refractivity contribution in [2.24, 2.45) is 0 Å². The molecule has 6 nitrogen and oxygen atoms in total. The summed E-state index contributed by atoms with van der Waals surface area (Å²) in [4.78, 5) is 8.44. The molecule has 0 N–H and O–H groups in total. The molecule has 2 rings (SSSR count). The minimum absolute atomic E-state index is 0.295. The van der Waals surface area contributed by atoms with Gasteiger partial charge < -0.3 is 14.0 Å². The summed E-state index contributed by atoms with van der Waals surface area (Å²) in [6, 6.07) is 3.66. The van der Waals surface area contributed by atoms with Crippen molar-refractivity contribution < 1.29 is 14.0 Å². The van der Waals surface area contributed by atoms with Crippen LogP contribution in [0.1, 0.15) is 26.0 Å². The fourth-order valence-corrected chi connectivity index (χ4v) is 1.67. The number of halogens is 1. The smallest absolute Gasteiger partial charge is 0.284 e. The van der Waals surface area contributed by atoms with E-state index in [1.165, 1.54) is 0 Å². The summed E-state index contributed by atoms with van der Waals surface area (Å²) >= 11 is 3.32. The summed E-state index contributed by atoms with van der Waals surface area (Å²) in [5, 5.41) is 3.88. The van der Waals surface area contributed by atoms with Crippen molar-refractivity contribution in [2.75, 3.05) is 13.2 Å². The second-order valence-electron chi connectivity index (χ2n) is 3.56. The fourth-order valence-electron chi connectivity index (χ4n) is 1.44. The van der Waals surface area contributed by atoms with E-state index in [4.69, 9.17) is 14.0 Å². The standard InChI is InChI=1S/C12H14BrN3O3/c1-3-17-12(18-4-2)11-15-10(16-19-11)9-6-5-8(13)7-14-9/h5-7,12H,3-4H2,1-2H3. The highest BCUT2D eigenvalue weighted by Crippen LogP contribution is 2.21. The summed E-state index contributed by atoms with van der Waals surface area (Å²) in [6.07, 6.45) is 1.04. The highest BCUT2D eigenvalue weighted by Gasteiger charge is 2.20. The molecule has 2 aromatic rings. The lowest BCUT2D eigenvalue weighted by molar-refractivity contribution is -0.155. The summed E-state index contributed by atoms with van der Waals surface area (Å²) in [6.45, 7) is 4.75. The Morgan fingerprint density at radius 2 is 2.00 bits per heavy atom. The number of hydrogen-bond donors (Lipinski definition) is 0. The van der Waals surface area contributed by atoms with Gasteiger partial charge >= 0.3 is 0 Å². The predicted molar refractivity (Wildman–Crippen MR) is 71.2 cm³/mol. The van der Waals surface area contributed by atoms with E-state index in [2.05, 4.69) is 31.1 Å². The Bertz CT molecular complexity index is 509. The molecular formula is C12H14BrN3O3. The topological polar surface area (TPSA) is 70.3 Å². The van der Waals surface area contributed by atoms with Crippen molar-refractivity contribution in [2.45, 2.75) is 20.1 Å². The lowest BCUT2D eigenvalue weighted by Gasteiger charge is -2.11. The van der Waals surface area contributed by atoms with Crippen LogP contribution in [0.25, 0.3) is 11.5 Å². The fraction of sp³-hybridized carbons (Fsp3) is 0.417. The molecule has 0 aliphatic heterocycles. The normalized spacial score (nSPS) is 11.2. The van der Waals surface area contributed by atoms with Crippen LogP contribution in [0.3, 0.4) is 0 Å². The van der Waals surface area contributed by atoms with E-state index >= 15 is 0 Å². The quantitative estimate of drug-likeness (QED) is 0.759. The second kappa shape index (κ2) is 6.74. The summed E-state index contributed by atoms with van der Waals surface area (Å²) in [5.74, 6) is 0.704. The molecule has 0 atom stereocenters. The molecular weight excluding hydrogens is 314 g/mol. The van der Waals surface area contributed by atoms with Crippen molar-refractivity contribution >= 4 is 15.9 Å². The number of rotatable bonds is 6. The molecule has 0 amide bonds. The van der Waals surface area contributed by atoms with Crippen LogP contribution >= 0.6 is 15.9 Å². The molecule has 0 spiro atoms.